The molecule has 0 radical (unpaired) electrons. The second-order valence-electron chi connectivity index (χ2n) is 5.61. The number of carbonyl (C=O) groups is 1. The minimum absolute atomic E-state index is 0.117. The summed E-state index contributed by atoms with van der Waals surface area (Å²) in [5.74, 6) is 0.00736. The van der Waals surface area contributed by atoms with Crippen molar-refractivity contribution in [2.45, 2.75) is 31.0 Å². The molecule has 114 valence electrons. The summed E-state index contributed by atoms with van der Waals surface area (Å²) in [4.78, 5) is 22.2. The number of ether oxygens (including phenoxy) is 2. The van der Waals surface area contributed by atoms with E-state index >= 15 is 0 Å². The highest BCUT2D eigenvalue weighted by atomic mass is 35.5. The Kier molecular flexibility index (Phi) is 4.10. The summed E-state index contributed by atoms with van der Waals surface area (Å²) in [7, 11) is 1.69. The largest absolute Gasteiger partial charge is 0.379 e. The van der Waals surface area contributed by atoms with Crippen LogP contribution in [0, 0.1) is 0 Å². The summed E-state index contributed by atoms with van der Waals surface area (Å²) in [5.41, 5.74) is -0.277. The molecular formula is C14H18ClN3O3. The number of carbonyl (C=O) groups excluding carboxylic acids is 1. The van der Waals surface area contributed by atoms with Gasteiger partial charge in [0.05, 0.1) is 29.9 Å². The lowest BCUT2D eigenvalue weighted by Gasteiger charge is -2.39. The summed E-state index contributed by atoms with van der Waals surface area (Å²) in [6.07, 6.45) is 5.69. The first kappa shape index (κ1) is 14.7. The van der Waals surface area contributed by atoms with Gasteiger partial charge in [0.15, 0.2) is 0 Å². The number of rotatable bonds is 2. The van der Waals surface area contributed by atoms with E-state index in [1.54, 1.807) is 12.0 Å². The lowest BCUT2D eigenvalue weighted by molar-refractivity contribution is -0.0460. The molecule has 21 heavy (non-hydrogen) atoms. The molecule has 1 aromatic heterocycles. The third-order valence-corrected chi connectivity index (χ3v) is 4.34. The molecule has 0 unspecified atom stereocenters. The van der Waals surface area contributed by atoms with E-state index in [9.17, 15) is 4.79 Å². The normalized spacial score (nSPS) is 29.0. The Morgan fingerprint density at radius 2 is 2.29 bits per heavy atom. The summed E-state index contributed by atoms with van der Waals surface area (Å²) < 4.78 is 11.3. The Morgan fingerprint density at radius 3 is 2.95 bits per heavy atom. The maximum Gasteiger partial charge on any atom is 0.291 e. The number of aromatic nitrogens is 2. The smallest absolute Gasteiger partial charge is 0.291 e. The van der Waals surface area contributed by atoms with E-state index in [1.807, 2.05) is 0 Å². The fourth-order valence-electron chi connectivity index (χ4n) is 3.07. The monoisotopic (exact) mass is 311 g/mol. The lowest BCUT2D eigenvalue weighted by atomic mass is 9.89. The van der Waals surface area contributed by atoms with Gasteiger partial charge in [-0.3, -0.25) is 4.79 Å². The second kappa shape index (κ2) is 5.87. The summed E-state index contributed by atoms with van der Waals surface area (Å²) >= 11 is 5.75. The first-order chi connectivity index (χ1) is 10.1. The maximum absolute atomic E-state index is 12.5. The lowest BCUT2D eigenvalue weighted by Crippen LogP contribution is -2.50. The third-order valence-electron chi connectivity index (χ3n) is 4.15. The zero-order valence-electron chi connectivity index (χ0n) is 11.9. The summed E-state index contributed by atoms with van der Waals surface area (Å²) in [6.45, 7) is 1.86. The zero-order chi connectivity index (χ0) is 14.9. The molecule has 0 aromatic carbocycles. The molecule has 0 aliphatic carbocycles. The number of halogens is 1. The summed E-state index contributed by atoms with van der Waals surface area (Å²) in [6, 6.07) is 0. The topological polar surface area (TPSA) is 64.6 Å². The van der Waals surface area contributed by atoms with Crippen molar-refractivity contribution in [3.05, 3.63) is 23.2 Å². The van der Waals surface area contributed by atoms with Crippen LogP contribution < -0.4 is 0 Å². The van der Waals surface area contributed by atoms with Crippen LogP contribution in [0.3, 0.4) is 0 Å². The van der Waals surface area contributed by atoms with E-state index in [1.165, 1.54) is 12.4 Å². The van der Waals surface area contributed by atoms with E-state index in [-0.39, 0.29) is 23.4 Å². The molecule has 0 N–H and O–H groups in total. The van der Waals surface area contributed by atoms with Crippen LogP contribution in [0.25, 0.3) is 0 Å². The highest BCUT2D eigenvalue weighted by Gasteiger charge is 2.45. The average molecular weight is 312 g/mol. The number of piperidine rings is 1. The highest BCUT2D eigenvalue weighted by molar-refractivity contribution is 6.30. The van der Waals surface area contributed by atoms with Crippen LogP contribution >= 0.6 is 11.6 Å². The fraction of sp³-hybridized carbons (Fsp3) is 0.643. The van der Waals surface area contributed by atoms with E-state index < -0.39 is 0 Å². The van der Waals surface area contributed by atoms with Crippen LogP contribution in [0.1, 0.15) is 29.9 Å². The molecule has 1 amide bonds. The molecule has 3 rings (SSSR count). The third kappa shape index (κ3) is 3.02. The molecule has 6 nitrogen and oxygen atoms in total. The van der Waals surface area contributed by atoms with Crippen molar-refractivity contribution >= 4 is 17.5 Å². The number of hydrogen-bond acceptors (Lipinski definition) is 5. The average Bonchev–Trinajstić information content (AvgIpc) is 2.90. The van der Waals surface area contributed by atoms with Gasteiger partial charge in [-0.2, -0.15) is 0 Å². The molecular weight excluding hydrogens is 294 g/mol. The molecule has 3 heterocycles. The van der Waals surface area contributed by atoms with Crippen LogP contribution in [0.4, 0.5) is 0 Å². The van der Waals surface area contributed by atoms with E-state index in [0.717, 1.165) is 19.3 Å². The Balaban J connectivity index is 1.71. The maximum atomic E-state index is 12.5. The van der Waals surface area contributed by atoms with Crippen molar-refractivity contribution in [1.29, 1.82) is 0 Å². The molecule has 2 saturated heterocycles. The first-order valence-electron chi connectivity index (χ1n) is 7.05. The minimum atomic E-state index is -0.277. The molecule has 0 bridgehead atoms. The van der Waals surface area contributed by atoms with Crippen molar-refractivity contribution in [3.63, 3.8) is 0 Å². The van der Waals surface area contributed by atoms with E-state index in [4.69, 9.17) is 21.1 Å². The highest BCUT2D eigenvalue weighted by Crippen LogP contribution is 2.35. The molecule has 7 heteroatoms. The Labute approximate surface area is 128 Å². The molecule has 1 spiro atoms. The van der Waals surface area contributed by atoms with Crippen molar-refractivity contribution in [2.24, 2.45) is 0 Å². The first-order valence-corrected chi connectivity index (χ1v) is 7.43. The molecule has 2 aliphatic heterocycles. The predicted octanol–water partition coefficient (Wildman–Crippen LogP) is 1.54. The molecule has 2 aliphatic rings. The predicted molar refractivity (Wildman–Crippen MR) is 76.3 cm³/mol. The SMILES string of the molecule is CO[C@H]1CO[C@]2(CCCN(C(=O)c3ncc(Cl)cn3)C2)C1. The second-order valence-corrected chi connectivity index (χ2v) is 6.05. The van der Waals surface area contributed by atoms with Crippen molar-refractivity contribution in [2.75, 3.05) is 26.8 Å². The van der Waals surface area contributed by atoms with Crippen molar-refractivity contribution < 1.29 is 14.3 Å². The number of nitrogens with zero attached hydrogens (tertiary/aromatic N) is 3. The van der Waals surface area contributed by atoms with Crippen LogP contribution in [0.5, 0.6) is 0 Å². The number of likely N-dealkylation sites (tertiary alicyclic amines) is 1. The quantitative estimate of drug-likeness (QED) is 0.829. The molecule has 2 atom stereocenters. The van der Waals surface area contributed by atoms with Gasteiger partial charge < -0.3 is 14.4 Å². The zero-order valence-corrected chi connectivity index (χ0v) is 12.7. The number of amides is 1. The Bertz CT molecular complexity index is 525. The van der Waals surface area contributed by atoms with Gasteiger partial charge in [0, 0.05) is 32.5 Å². The van der Waals surface area contributed by atoms with Gasteiger partial charge in [0.25, 0.3) is 5.91 Å². The molecule has 2 fully saturated rings. The van der Waals surface area contributed by atoms with E-state index in [2.05, 4.69) is 9.97 Å². The van der Waals surface area contributed by atoms with Crippen LogP contribution in [0.15, 0.2) is 12.4 Å². The van der Waals surface area contributed by atoms with E-state index in [0.29, 0.717) is 24.7 Å². The summed E-state index contributed by atoms with van der Waals surface area (Å²) in [5, 5.41) is 0.420. The van der Waals surface area contributed by atoms with Gasteiger partial charge in [-0.1, -0.05) is 11.6 Å². The number of hydrogen-bond donors (Lipinski definition) is 0. The van der Waals surface area contributed by atoms with Gasteiger partial charge in [0.1, 0.15) is 0 Å². The Morgan fingerprint density at radius 1 is 1.52 bits per heavy atom. The fourth-order valence-corrected chi connectivity index (χ4v) is 3.17. The molecule has 0 saturated carbocycles. The van der Waals surface area contributed by atoms with Crippen molar-refractivity contribution in [3.8, 4) is 0 Å². The van der Waals surface area contributed by atoms with Crippen LogP contribution in [-0.2, 0) is 9.47 Å². The van der Waals surface area contributed by atoms with Crippen LogP contribution in [-0.4, -0.2) is 59.3 Å². The Hall–Kier alpha value is -1.24. The minimum Gasteiger partial charge on any atom is -0.379 e. The van der Waals surface area contributed by atoms with Gasteiger partial charge in [-0.05, 0) is 12.8 Å². The van der Waals surface area contributed by atoms with Crippen molar-refractivity contribution in [1.82, 2.24) is 14.9 Å². The standard InChI is InChI=1S/C14H18ClN3O3/c1-20-11-5-14(21-8-11)3-2-4-18(9-14)13(19)12-16-6-10(15)7-17-12/h6-7,11H,2-5,8-9H2,1H3/t11-,14-/m1/s1. The van der Waals surface area contributed by atoms with Gasteiger partial charge in [-0.15, -0.1) is 0 Å². The molecule has 1 aromatic rings. The van der Waals surface area contributed by atoms with Gasteiger partial charge >= 0.3 is 0 Å². The number of methoxy groups -OCH3 is 1. The van der Waals surface area contributed by atoms with Gasteiger partial charge in [0.2, 0.25) is 5.82 Å². The van der Waals surface area contributed by atoms with Crippen LogP contribution in [0.2, 0.25) is 5.02 Å². The van der Waals surface area contributed by atoms with Gasteiger partial charge in [-0.25, -0.2) is 9.97 Å².